The smallest absolute Gasteiger partial charge is 0.428 e. The highest BCUT2D eigenvalue weighted by Crippen LogP contribution is 2.13. The first-order chi connectivity index (χ1) is 7.16. The molecule has 0 atom stereocenters. The Labute approximate surface area is 97.1 Å². The third kappa shape index (κ3) is 9.18. The molecule has 0 spiro atoms. The fourth-order valence-electron chi connectivity index (χ4n) is 0.875. The molecule has 0 unspecified atom stereocenters. The lowest BCUT2D eigenvalue weighted by Crippen LogP contribution is -2.42. The van der Waals surface area contributed by atoms with Crippen LogP contribution < -0.4 is 5.73 Å². The second-order valence-corrected chi connectivity index (χ2v) is 6.43. The molecule has 0 aromatic heterocycles. The van der Waals surface area contributed by atoms with Gasteiger partial charge >= 0.3 is 8.80 Å². The minimum absolute atomic E-state index is 0.644. The van der Waals surface area contributed by atoms with E-state index in [1.807, 2.05) is 6.92 Å². The Kier molecular flexibility index (Phi) is 14.5. The van der Waals surface area contributed by atoms with Crippen molar-refractivity contribution in [3.63, 3.8) is 0 Å². The molecule has 0 radical (unpaired) electrons. The number of hydrogen-bond acceptors (Lipinski definition) is 5. The molecule has 94 valence electrons. The third-order valence-corrected chi connectivity index (χ3v) is 5.32. The van der Waals surface area contributed by atoms with Gasteiger partial charge in [0.25, 0.3) is 0 Å². The summed E-state index contributed by atoms with van der Waals surface area (Å²) in [6.45, 7) is 3.52. The van der Waals surface area contributed by atoms with Crippen LogP contribution in [0.2, 0.25) is 6.04 Å². The molecular weight excluding hydrogens is 230 g/mol. The van der Waals surface area contributed by atoms with Crippen molar-refractivity contribution >= 4 is 19.3 Å². The van der Waals surface area contributed by atoms with E-state index in [9.17, 15) is 0 Å². The molecule has 2 N–H and O–H groups in total. The van der Waals surface area contributed by atoms with E-state index in [0.29, 0.717) is 6.54 Å². The molecule has 0 rings (SSSR count). The Balaban J connectivity index is 0. The van der Waals surface area contributed by atoms with Gasteiger partial charge in [0, 0.05) is 34.0 Å². The van der Waals surface area contributed by atoms with Gasteiger partial charge in [-0.15, -0.1) is 0 Å². The highest BCUT2D eigenvalue weighted by Gasteiger charge is 2.36. The lowest BCUT2D eigenvalue weighted by atomic mass is 10.5. The molecule has 7 heteroatoms. The van der Waals surface area contributed by atoms with Gasteiger partial charge in [0.05, 0.1) is 0 Å². The summed E-state index contributed by atoms with van der Waals surface area (Å²) in [7, 11) is 3.39. The van der Waals surface area contributed by atoms with Crippen LogP contribution in [0.4, 0.5) is 0 Å². The van der Waals surface area contributed by atoms with Crippen LogP contribution in [0.3, 0.4) is 0 Å². The lowest BCUT2D eigenvalue weighted by molar-refractivity contribution is 0.123. The van der Waals surface area contributed by atoms with Crippen LogP contribution in [0.5, 0.6) is 0 Å². The SMILES string of the molecule is CCO[SiH3].CO[Si](CCCN)(OC)OC. The molecule has 0 aliphatic carbocycles. The maximum Gasteiger partial charge on any atom is 0.500 e. The summed E-state index contributed by atoms with van der Waals surface area (Å²) >= 11 is 0. The van der Waals surface area contributed by atoms with E-state index in [4.69, 9.17) is 19.0 Å². The van der Waals surface area contributed by atoms with Crippen LogP contribution in [0.15, 0.2) is 0 Å². The summed E-state index contributed by atoms with van der Waals surface area (Å²) in [5, 5.41) is 0. The highest BCUT2D eigenvalue weighted by atomic mass is 28.4. The first kappa shape index (κ1) is 17.6. The van der Waals surface area contributed by atoms with Crippen molar-refractivity contribution in [1.82, 2.24) is 0 Å². The molecule has 0 saturated heterocycles. The van der Waals surface area contributed by atoms with E-state index in [2.05, 4.69) is 4.43 Å². The molecule has 0 aliphatic rings. The quantitative estimate of drug-likeness (QED) is 0.623. The number of rotatable bonds is 7. The van der Waals surface area contributed by atoms with Crippen LogP contribution in [-0.4, -0.2) is 53.8 Å². The van der Waals surface area contributed by atoms with Crippen molar-refractivity contribution in [3.8, 4) is 0 Å². The predicted octanol–water partition coefficient (Wildman–Crippen LogP) is -0.483. The van der Waals surface area contributed by atoms with Crippen molar-refractivity contribution in [2.75, 3.05) is 34.5 Å². The van der Waals surface area contributed by atoms with Crippen molar-refractivity contribution in [1.29, 1.82) is 0 Å². The molecule has 0 fully saturated rings. The average molecular weight is 255 g/mol. The largest absolute Gasteiger partial charge is 0.500 e. The molecular formula is C8H25NO4Si2. The van der Waals surface area contributed by atoms with Crippen LogP contribution in [0.25, 0.3) is 0 Å². The zero-order valence-corrected chi connectivity index (χ0v) is 13.5. The van der Waals surface area contributed by atoms with Crippen LogP contribution in [0, 0.1) is 0 Å². The normalized spacial score (nSPS) is 11.0. The second kappa shape index (κ2) is 12.3. The van der Waals surface area contributed by atoms with Gasteiger partial charge in [-0.2, -0.15) is 0 Å². The third-order valence-electron chi connectivity index (χ3n) is 1.91. The molecule has 0 amide bonds. The minimum atomic E-state index is -2.32. The summed E-state index contributed by atoms with van der Waals surface area (Å²) in [5.74, 6) is 0. The molecule has 15 heavy (non-hydrogen) atoms. The fraction of sp³-hybridized carbons (Fsp3) is 1.00. The molecule has 0 aliphatic heterocycles. The summed E-state index contributed by atoms with van der Waals surface area (Å²) in [5.41, 5.74) is 5.36. The van der Waals surface area contributed by atoms with E-state index < -0.39 is 8.80 Å². The van der Waals surface area contributed by atoms with E-state index in [1.54, 1.807) is 21.3 Å². The van der Waals surface area contributed by atoms with Crippen molar-refractivity contribution < 1.29 is 17.7 Å². The van der Waals surface area contributed by atoms with E-state index in [1.165, 1.54) is 0 Å². The molecule has 5 nitrogen and oxygen atoms in total. The van der Waals surface area contributed by atoms with E-state index >= 15 is 0 Å². The van der Waals surface area contributed by atoms with Gasteiger partial charge in [-0.1, -0.05) is 0 Å². The number of nitrogens with two attached hydrogens (primary N) is 1. The predicted molar refractivity (Wildman–Crippen MR) is 66.8 cm³/mol. The second-order valence-electron chi connectivity index (χ2n) is 2.76. The monoisotopic (exact) mass is 255 g/mol. The van der Waals surface area contributed by atoms with Crippen LogP contribution in [-0.2, 0) is 17.7 Å². The first-order valence-corrected chi connectivity index (χ1v) is 7.75. The van der Waals surface area contributed by atoms with E-state index in [0.717, 1.165) is 29.6 Å². The standard InChI is InChI=1S/C6H17NO3Si.C2H8OSi/c1-8-11(9-2,10-3)6-4-5-7;1-2-3-4/h4-7H2,1-3H3;2H2,1,4H3. The number of hydrogen-bond donors (Lipinski definition) is 1. The maximum atomic E-state index is 5.36. The zero-order valence-electron chi connectivity index (χ0n) is 10.5. The van der Waals surface area contributed by atoms with Crippen LogP contribution in [0.1, 0.15) is 13.3 Å². The van der Waals surface area contributed by atoms with E-state index in [-0.39, 0.29) is 0 Å². The van der Waals surface area contributed by atoms with Crippen molar-refractivity contribution in [2.24, 2.45) is 5.73 Å². The Hall–Kier alpha value is 0.234. The molecule has 0 bridgehead atoms. The van der Waals surface area contributed by atoms with Gasteiger partial charge in [-0.3, -0.25) is 0 Å². The fourth-order valence-corrected chi connectivity index (χ4v) is 2.62. The van der Waals surface area contributed by atoms with Gasteiger partial charge in [0.15, 0.2) is 0 Å². The van der Waals surface area contributed by atoms with Gasteiger partial charge < -0.3 is 23.4 Å². The Morgan fingerprint density at radius 1 is 1.13 bits per heavy atom. The van der Waals surface area contributed by atoms with Gasteiger partial charge in [0.2, 0.25) is 0 Å². The van der Waals surface area contributed by atoms with Crippen LogP contribution >= 0.6 is 0 Å². The summed E-state index contributed by atoms with van der Waals surface area (Å²) < 4.78 is 20.2. The first-order valence-electron chi connectivity index (χ1n) is 5.00. The van der Waals surface area contributed by atoms with Gasteiger partial charge in [0.1, 0.15) is 10.5 Å². The molecule has 0 saturated carbocycles. The minimum Gasteiger partial charge on any atom is -0.428 e. The van der Waals surface area contributed by atoms with Crippen molar-refractivity contribution in [2.45, 2.75) is 19.4 Å². The Morgan fingerprint density at radius 3 is 1.73 bits per heavy atom. The lowest BCUT2D eigenvalue weighted by Gasteiger charge is -2.23. The Bertz CT molecular complexity index is 115. The van der Waals surface area contributed by atoms with Gasteiger partial charge in [-0.25, -0.2) is 0 Å². The maximum absolute atomic E-state index is 5.36. The average Bonchev–Trinajstić information content (AvgIpc) is 2.32. The Morgan fingerprint density at radius 2 is 1.53 bits per heavy atom. The zero-order chi connectivity index (χ0) is 12.2. The summed E-state index contributed by atoms with van der Waals surface area (Å²) in [6, 6.07) is 0.785. The van der Waals surface area contributed by atoms with Gasteiger partial charge in [-0.05, 0) is 19.9 Å². The van der Waals surface area contributed by atoms with Crippen molar-refractivity contribution in [3.05, 3.63) is 0 Å². The topological polar surface area (TPSA) is 62.9 Å². The molecule has 0 heterocycles. The molecule has 0 aromatic rings. The highest BCUT2D eigenvalue weighted by molar-refractivity contribution is 6.60. The summed E-state index contributed by atoms with van der Waals surface area (Å²) in [6.07, 6.45) is 0.877. The summed E-state index contributed by atoms with van der Waals surface area (Å²) in [4.78, 5) is 0. The molecule has 0 aromatic carbocycles.